The molecular weight excluding hydrogens is 360 g/mol. The Morgan fingerprint density at radius 1 is 1.03 bits per heavy atom. The van der Waals surface area contributed by atoms with Crippen molar-refractivity contribution in [2.24, 2.45) is 4.99 Å². The van der Waals surface area contributed by atoms with E-state index >= 15 is 0 Å². The van der Waals surface area contributed by atoms with Crippen molar-refractivity contribution in [1.29, 1.82) is 0 Å². The molecule has 1 heterocycles. The minimum atomic E-state index is 0.0817. The molecule has 1 aliphatic carbocycles. The summed E-state index contributed by atoms with van der Waals surface area (Å²) in [6, 6.07) is 16.3. The van der Waals surface area contributed by atoms with Crippen LogP contribution in [0, 0.1) is 6.92 Å². The van der Waals surface area contributed by atoms with E-state index in [9.17, 15) is 4.79 Å². The molecule has 29 heavy (non-hydrogen) atoms. The molecule has 0 spiro atoms. The van der Waals surface area contributed by atoms with Gasteiger partial charge in [0.1, 0.15) is 0 Å². The number of aromatic nitrogens is 1. The average molecular weight is 395 g/mol. The number of nitrogens with zero attached hydrogens (tertiary/aromatic N) is 2. The topological polar surface area (TPSA) is 58.4 Å². The predicted molar refractivity (Wildman–Crippen MR) is 121 cm³/mol. The SMILES string of the molecule is CN=C(NCCCCn1c(C)cccc1=O)NCC1(c2ccccc2)CCCC1. The van der Waals surface area contributed by atoms with E-state index in [1.165, 1.54) is 31.2 Å². The molecule has 1 aliphatic rings. The quantitative estimate of drug-likeness (QED) is 0.408. The van der Waals surface area contributed by atoms with Gasteiger partial charge in [-0.1, -0.05) is 49.2 Å². The molecule has 0 atom stereocenters. The third-order valence-corrected chi connectivity index (χ3v) is 6.13. The molecule has 1 fully saturated rings. The van der Waals surface area contributed by atoms with Crippen LogP contribution in [0.25, 0.3) is 0 Å². The van der Waals surface area contributed by atoms with E-state index in [0.717, 1.165) is 44.1 Å². The Hall–Kier alpha value is -2.56. The van der Waals surface area contributed by atoms with E-state index in [1.54, 1.807) is 6.07 Å². The van der Waals surface area contributed by atoms with Crippen LogP contribution >= 0.6 is 0 Å². The van der Waals surface area contributed by atoms with Crippen LogP contribution in [0.1, 0.15) is 49.8 Å². The molecule has 1 aromatic heterocycles. The van der Waals surface area contributed by atoms with Gasteiger partial charge >= 0.3 is 0 Å². The number of nitrogens with one attached hydrogen (secondary N) is 2. The smallest absolute Gasteiger partial charge is 0.250 e. The van der Waals surface area contributed by atoms with Crippen molar-refractivity contribution in [3.63, 3.8) is 0 Å². The van der Waals surface area contributed by atoms with Crippen LogP contribution in [0.4, 0.5) is 0 Å². The number of unbranched alkanes of at least 4 members (excludes halogenated alkanes) is 1. The van der Waals surface area contributed by atoms with Crippen molar-refractivity contribution in [2.75, 3.05) is 20.1 Å². The number of pyridine rings is 1. The van der Waals surface area contributed by atoms with E-state index in [4.69, 9.17) is 0 Å². The number of rotatable bonds is 8. The molecule has 0 radical (unpaired) electrons. The minimum Gasteiger partial charge on any atom is -0.356 e. The van der Waals surface area contributed by atoms with Gasteiger partial charge in [-0.25, -0.2) is 0 Å². The molecule has 5 heteroatoms. The lowest BCUT2D eigenvalue weighted by Crippen LogP contribution is -2.45. The molecule has 156 valence electrons. The fourth-order valence-electron chi connectivity index (χ4n) is 4.40. The average Bonchev–Trinajstić information content (AvgIpc) is 3.23. The van der Waals surface area contributed by atoms with Gasteiger partial charge in [-0.2, -0.15) is 0 Å². The van der Waals surface area contributed by atoms with E-state index in [-0.39, 0.29) is 11.0 Å². The van der Waals surface area contributed by atoms with Gasteiger partial charge < -0.3 is 15.2 Å². The third kappa shape index (κ3) is 5.49. The lowest BCUT2D eigenvalue weighted by molar-refractivity contribution is 0.431. The van der Waals surface area contributed by atoms with Gasteiger partial charge in [0.15, 0.2) is 5.96 Å². The maximum Gasteiger partial charge on any atom is 0.250 e. The Morgan fingerprint density at radius 3 is 2.48 bits per heavy atom. The number of aliphatic imine (C=N–C) groups is 1. The molecule has 2 N–H and O–H groups in total. The number of aryl methyl sites for hydroxylation is 1. The van der Waals surface area contributed by atoms with Gasteiger partial charge in [0.2, 0.25) is 0 Å². The Morgan fingerprint density at radius 2 is 1.79 bits per heavy atom. The summed E-state index contributed by atoms with van der Waals surface area (Å²) in [4.78, 5) is 16.3. The first kappa shape index (κ1) is 21.2. The van der Waals surface area contributed by atoms with Gasteiger partial charge in [-0.15, -0.1) is 0 Å². The number of benzene rings is 1. The summed E-state index contributed by atoms with van der Waals surface area (Å²) >= 11 is 0. The van der Waals surface area contributed by atoms with Crippen molar-refractivity contribution in [1.82, 2.24) is 15.2 Å². The standard InChI is InChI=1S/C24H34N4O/c1-20-11-10-14-22(29)28(20)18-9-8-17-26-23(25-2)27-19-24(15-6-7-16-24)21-12-4-3-5-13-21/h3-5,10-14H,6-9,15-19H2,1-2H3,(H2,25,26,27). The zero-order valence-corrected chi connectivity index (χ0v) is 17.8. The number of hydrogen-bond acceptors (Lipinski definition) is 2. The fourth-order valence-corrected chi connectivity index (χ4v) is 4.40. The number of guanidine groups is 1. The van der Waals surface area contributed by atoms with E-state index in [1.807, 2.05) is 30.7 Å². The molecule has 0 bridgehead atoms. The van der Waals surface area contributed by atoms with Crippen molar-refractivity contribution in [2.45, 2.75) is 57.4 Å². The van der Waals surface area contributed by atoms with Crippen LogP contribution in [0.15, 0.2) is 58.3 Å². The largest absolute Gasteiger partial charge is 0.356 e. The van der Waals surface area contributed by atoms with Gasteiger partial charge in [0.05, 0.1) is 0 Å². The summed E-state index contributed by atoms with van der Waals surface area (Å²) in [7, 11) is 1.83. The van der Waals surface area contributed by atoms with Crippen LogP contribution < -0.4 is 16.2 Å². The maximum atomic E-state index is 11.9. The Balaban J connectivity index is 1.45. The lowest BCUT2D eigenvalue weighted by atomic mass is 9.79. The summed E-state index contributed by atoms with van der Waals surface area (Å²) in [5.74, 6) is 0.861. The lowest BCUT2D eigenvalue weighted by Gasteiger charge is -2.30. The highest BCUT2D eigenvalue weighted by Crippen LogP contribution is 2.40. The van der Waals surface area contributed by atoms with Crippen molar-refractivity contribution in [3.8, 4) is 0 Å². The van der Waals surface area contributed by atoms with E-state index < -0.39 is 0 Å². The van der Waals surface area contributed by atoms with Crippen molar-refractivity contribution >= 4 is 5.96 Å². The molecule has 0 aliphatic heterocycles. The molecule has 1 saturated carbocycles. The first-order chi connectivity index (χ1) is 14.1. The summed E-state index contributed by atoms with van der Waals surface area (Å²) in [6.07, 6.45) is 6.99. The molecule has 3 rings (SSSR count). The van der Waals surface area contributed by atoms with Crippen LogP contribution in [-0.2, 0) is 12.0 Å². The molecule has 1 aromatic carbocycles. The maximum absolute atomic E-state index is 11.9. The normalized spacial score (nSPS) is 16.0. The monoisotopic (exact) mass is 394 g/mol. The van der Waals surface area contributed by atoms with Crippen LogP contribution in [0.2, 0.25) is 0 Å². The molecule has 2 aromatic rings. The molecule has 5 nitrogen and oxygen atoms in total. The summed E-state index contributed by atoms with van der Waals surface area (Å²) in [6.45, 7) is 4.50. The highest BCUT2D eigenvalue weighted by Gasteiger charge is 2.35. The Kier molecular flexibility index (Phi) is 7.50. The van der Waals surface area contributed by atoms with Gasteiger partial charge in [-0.05, 0) is 44.2 Å². The van der Waals surface area contributed by atoms with Crippen molar-refractivity contribution < 1.29 is 0 Å². The summed E-state index contributed by atoms with van der Waals surface area (Å²) in [5, 5.41) is 6.99. The van der Waals surface area contributed by atoms with Gasteiger partial charge in [-0.3, -0.25) is 9.79 Å². The highest BCUT2D eigenvalue weighted by molar-refractivity contribution is 5.79. The van der Waals surface area contributed by atoms with Crippen LogP contribution in [-0.4, -0.2) is 30.7 Å². The highest BCUT2D eigenvalue weighted by atomic mass is 16.1. The van der Waals surface area contributed by atoms with Crippen LogP contribution in [0.3, 0.4) is 0 Å². The summed E-state index contributed by atoms with van der Waals surface area (Å²) < 4.78 is 1.84. The predicted octanol–water partition coefficient (Wildman–Crippen LogP) is 3.61. The second kappa shape index (κ2) is 10.3. The Bertz CT molecular complexity index is 851. The molecule has 0 amide bonds. The summed E-state index contributed by atoms with van der Waals surface area (Å²) in [5.41, 5.74) is 2.75. The van der Waals surface area contributed by atoms with E-state index in [2.05, 4.69) is 46.0 Å². The minimum absolute atomic E-state index is 0.0817. The second-order valence-corrected chi connectivity index (χ2v) is 8.07. The third-order valence-electron chi connectivity index (χ3n) is 6.13. The molecule has 0 unspecified atom stereocenters. The second-order valence-electron chi connectivity index (χ2n) is 8.07. The zero-order chi connectivity index (χ0) is 20.5. The first-order valence-electron chi connectivity index (χ1n) is 10.8. The molecular formula is C24H34N4O. The first-order valence-corrected chi connectivity index (χ1v) is 10.8. The van der Waals surface area contributed by atoms with Crippen LogP contribution in [0.5, 0.6) is 0 Å². The number of hydrogen-bond donors (Lipinski definition) is 2. The zero-order valence-electron chi connectivity index (χ0n) is 17.8. The van der Waals surface area contributed by atoms with Crippen molar-refractivity contribution in [3.05, 3.63) is 70.1 Å². The van der Waals surface area contributed by atoms with E-state index in [0.29, 0.717) is 0 Å². The molecule has 0 saturated heterocycles. The Labute approximate surface area is 174 Å². The van der Waals surface area contributed by atoms with Gasteiger partial charge in [0, 0.05) is 43.9 Å². The fraction of sp³-hybridized carbons (Fsp3) is 0.500. The van der Waals surface area contributed by atoms with Gasteiger partial charge in [0.25, 0.3) is 5.56 Å².